The number of esters is 2. The quantitative estimate of drug-likeness (QED) is 0.842. The number of aromatic amines is 1. The minimum absolute atomic E-state index is 0.00273. The van der Waals surface area contributed by atoms with Crippen molar-refractivity contribution in [1.29, 1.82) is 0 Å². The lowest BCUT2D eigenvalue weighted by molar-refractivity contribution is 0.0585. The second-order valence-corrected chi connectivity index (χ2v) is 4.99. The molecule has 0 unspecified atom stereocenters. The summed E-state index contributed by atoms with van der Waals surface area (Å²) in [6, 6.07) is 1.16. The SMILES string of the molecule is COC(=O)c1cc(=O)c2sc(C)c(C(=O)OC)c2[nH]1. The molecule has 0 saturated carbocycles. The van der Waals surface area contributed by atoms with Crippen molar-refractivity contribution >= 4 is 33.5 Å². The summed E-state index contributed by atoms with van der Waals surface area (Å²) in [5.41, 5.74) is 0.243. The summed E-state index contributed by atoms with van der Waals surface area (Å²) >= 11 is 1.18. The van der Waals surface area contributed by atoms with Gasteiger partial charge in [-0.1, -0.05) is 0 Å². The van der Waals surface area contributed by atoms with Gasteiger partial charge in [-0.25, -0.2) is 9.59 Å². The van der Waals surface area contributed by atoms with Crippen LogP contribution in [0.3, 0.4) is 0 Å². The van der Waals surface area contributed by atoms with E-state index in [1.54, 1.807) is 6.92 Å². The number of hydrogen-bond acceptors (Lipinski definition) is 6. The zero-order chi connectivity index (χ0) is 14.2. The van der Waals surface area contributed by atoms with Crippen LogP contribution in [0.4, 0.5) is 0 Å². The number of fused-ring (bicyclic) bond motifs is 1. The molecule has 1 N–H and O–H groups in total. The molecular weight excluding hydrogens is 270 g/mol. The number of H-pyrrole nitrogens is 1. The fourth-order valence-corrected chi connectivity index (χ4v) is 2.78. The topological polar surface area (TPSA) is 85.5 Å². The first kappa shape index (κ1) is 13.3. The van der Waals surface area contributed by atoms with Crippen molar-refractivity contribution in [3.8, 4) is 0 Å². The molecule has 7 heteroatoms. The van der Waals surface area contributed by atoms with E-state index in [1.807, 2.05) is 0 Å². The maximum atomic E-state index is 11.9. The van der Waals surface area contributed by atoms with Gasteiger partial charge in [-0.05, 0) is 6.92 Å². The molecule has 2 heterocycles. The normalized spacial score (nSPS) is 10.5. The maximum Gasteiger partial charge on any atom is 0.354 e. The van der Waals surface area contributed by atoms with Crippen LogP contribution in [0.5, 0.6) is 0 Å². The first-order valence-corrected chi connectivity index (χ1v) is 6.14. The van der Waals surface area contributed by atoms with Gasteiger partial charge in [0.25, 0.3) is 0 Å². The molecule has 2 rings (SSSR count). The number of methoxy groups -OCH3 is 2. The van der Waals surface area contributed by atoms with Crippen LogP contribution in [0.15, 0.2) is 10.9 Å². The van der Waals surface area contributed by atoms with Crippen molar-refractivity contribution in [2.24, 2.45) is 0 Å². The lowest BCUT2D eigenvalue weighted by Crippen LogP contribution is -2.11. The number of hydrogen-bond donors (Lipinski definition) is 1. The predicted octanol–water partition coefficient (Wildman–Crippen LogP) is 1.47. The smallest absolute Gasteiger partial charge is 0.354 e. The molecule has 0 fully saturated rings. The van der Waals surface area contributed by atoms with Crippen LogP contribution < -0.4 is 5.43 Å². The second-order valence-electron chi connectivity index (χ2n) is 3.77. The van der Waals surface area contributed by atoms with Gasteiger partial charge in [0.05, 0.1) is 30.0 Å². The lowest BCUT2D eigenvalue weighted by Gasteiger charge is -2.02. The molecule has 0 bridgehead atoms. The number of carbonyl (C=O) groups excluding carboxylic acids is 2. The minimum Gasteiger partial charge on any atom is -0.465 e. The van der Waals surface area contributed by atoms with Crippen LogP contribution in [0, 0.1) is 6.92 Å². The Bertz CT molecular complexity index is 728. The molecule has 100 valence electrons. The molecule has 0 aromatic carbocycles. The van der Waals surface area contributed by atoms with Crippen LogP contribution in [0.1, 0.15) is 25.7 Å². The molecule has 0 atom stereocenters. The van der Waals surface area contributed by atoms with Crippen LogP contribution >= 0.6 is 11.3 Å². The van der Waals surface area contributed by atoms with Crippen molar-refractivity contribution in [1.82, 2.24) is 4.98 Å². The van der Waals surface area contributed by atoms with Crippen molar-refractivity contribution in [3.05, 3.63) is 32.4 Å². The Morgan fingerprint density at radius 3 is 2.42 bits per heavy atom. The summed E-state index contributed by atoms with van der Waals surface area (Å²) in [4.78, 5) is 38.5. The van der Waals surface area contributed by atoms with E-state index in [-0.39, 0.29) is 16.7 Å². The van der Waals surface area contributed by atoms with Gasteiger partial charge in [0.2, 0.25) is 0 Å². The van der Waals surface area contributed by atoms with E-state index in [1.165, 1.54) is 25.6 Å². The summed E-state index contributed by atoms with van der Waals surface area (Å²) in [6.07, 6.45) is 0. The van der Waals surface area contributed by atoms with E-state index in [0.717, 1.165) is 6.07 Å². The fourth-order valence-electron chi connectivity index (χ4n) is 1.77. The summed E-state index contributed by atoms with van der Waals surface area (Å²) in [5.74, 6) is -1.22. The molecule has 6 nitrogen and oxygen atoms in total. The molecule has 2 aromatic heterocycles. The van der Waals surface area contributed by atoms with E-state index < -0.39 is 11.9 Å². The molecule has 0 saturated heterocycles. The van der Waals surface area contributed by atoms with Crippen molar-refractivity contribution in [2.75, 3.05) is 14.2 Å². The third kappa shape index (κ3) is 2.12. The summed E-state index contributed by atoms with van der Waals surface area (Å²) < 4.78 is 9.61. The Morgan fingerprint density at radius 2 is 1.84 bits per heavy atom. The molecule has 2 aromatic rings. The van der Waals surface area contributed by atoms with Crippen molar-refractivity contribution in [2.45, 2.75) is 6.92 Å². The van der Waals surface area contributed by atoms with Gasteiger partial charge in [-0.3, -0.25) is 4.79 Å². The number of carbonyl (C=O) groups is 2. The lowest BCUT2D eigenvalue weighted by atomic mass is 10.2. The number of aromatic nitrogens is 1. The Kier molecular flexibility index (Phi) is 3.39. The average molecular weight is 281 g/mol. The Labute approximate surface area is 112 Å². The zero-order valence-electron chi connectivity index (χ0n) is 10.5. The molecule has 0 aliphatic heterocycles. The fraction of sp³-hybridized carbons (Fsp3) is 0.250. The highest BCUT2D eigenvalue weighted by atomic mass is 32.1. The van der Waals surface area contributed by atoms with Gasteiger partial charge in [-0.15, -0.1) is 11.3 Å². The molecular formula is C12H11NO5S. The molecule has 0 radical (unpaired) electrons. The van der Waals surface area contributed by atoms with E-state index in [0.29, 0.717) is 15.1 Å². The first-order valence-electron chi connectivity index (χ1n) is 5.32. The van der Waals surface area contributed by atoms with Gasteiger partial charge < -0.3 is 14.5 Å². The van der Waals surface area contributed by atoms with E-state index in [4.69, 9.17) is 0 Å². The number of pyridine rings is 1. The highest BCUT2D eigenvalue weighted by Crippen LogP contribution is 2.27. The van der Waals surface area contributed by atoms with Gasteiger partial charge in [0.1, 0.15) is 5.69 Å². The Balaban J connectivity index is 2.81. The van der Waals surface area contributed by atoms with Crippen molar-refractivity contribution < 1.29 is 19.1 Å². The van der Waals surface area contributed by atoms with Crippen LogP contribution in [0.2, 0.25) is 0 Å². The maximum absolute atomic E-state index is 11.9. The molecule has 0 aliphatic rings. The number of nitrogens with one attached hydrogen (secondary N) is 1. The van der Waals surface area contributed by atoms with E-state index in [9.17, 15) is 14.4 Å². The number of ether oxygens (including phenoxy) is 2. The number of thiophene rings is 1. The largest absolute Gasteiger partial charge is 0.465 e. The van der Waals surface area contributed by atoms with E-state index in [2.05, 4.69) is 14.5 Å². The van der Waals surface area contributed by atoms with Crippen LogP contribution in [0.25, 0.3) is 10.2 Å². The number of aryl methyl sites for hydroxylation is 1. The molecule has 19 heavy (non-hydrogen) atoms. The van der Waals surface area contributed by atoms with Gasteiger partial charge in [-0.2, -0.15) is 0 Å². The average Bonchev–Trinajstić information content (AvgIpc) is 2.73. The summed E-state index contributed by atoms with van der Waals surface area (Å²) in [7, 11) is 2.47. The van der Waals surface area contributed by atoms with Gasteiger partial charge in [0, 0.05) is 10.9 Å². The molecule has 0 amide bonds. The predicted molar refractivity (Wildman–Crippen MR) is 69.9 cm³/mol. The highest BCUT2D eigenvalue weighted by Gasteiger charge is 2.21. The zero-order valence-corrected chi connectivity index (χ0v) is 11.3. The van der Waals surface area contributed by atoms with Crippen LogP contribution in [-0.2, 0) is 9.47 Å². The Morgan fingerprint density at radius 1 is 1.21 bits per heavy atom. The Hall–Kier alpha value is -2.15. The third-order valence-corrected chi connectivity index (χ3v) is 3.76. The third-order valence-electron chi connectivity index (χ3n) is 2.64. The van der Waals surface area contributed by atoms with E-state index >= 15 is 0 Å². The summed E-state index contributed by atoms with van der Waals surface area (Å²) in [6.45, 7) is 1.71. The van der Waals surface area contributed by atoms with Crippen molar-refractivity contribution in [3.63, 3.8) is 0 Å². The number of rotatable bonds is 2. The highest BCUT2D eigenvalue weighted by molar-refractivity contribution is 7.19. The second kappa shape index (κ2) is 4.85. The molecule has 0 spiro atoms. The molecule has 0 aliphatic carbocycles. The minimum atomic E-state index is -0.668. The standard InChI is InChI=1S/C12H11NO5S/c1-5-8(12(16)18-3)9-10(19-5)7(14)4-6(13-9)11(15)17-2/h4H,1-3H3,(H,13,14). The van der Waals surface area contributed by atoms with Crippen LogP contribution in [-0.4, -0.2) is 31.1 Å². The van der Waals surface area contributed by atoms with Gasteiger partial charge >= 0.3 is 11.9 Å². The van der Waals surface area contributed by atoms with Gasteiger partial charge in [0.15, 0.2) is 5.43 Å². The monoisotopic (exact) mass is 281 g/mol. The summed E-state index contributed by atoms with van der Waals surface area (Å²) in [5, 5.41) is 0. The first-order chi connectivity index (χ1) is 8.99.